The summed E-state index contributed by atoms with van der Waals surface area (Å²) in [4.78, 5) is 4.53. The van der Waals surface area contributed by atoms with Crippen molar-refractivity contribution in [3.63, 3.8) is 0 Å². The Morgan fingerprint density at radius 1 is 1.24 bits per heavy atom. The van der Waals surface area contributed by atoms with Gasteiger partial charge in [0, 0.05) is 13.1 Å². The summed E-state index contributed by atoms with van der Waals surface area (Å²) in [6.45, 7) is 1.04. The number of aromatic nitrogens is 2. The van der Waals surface area contributed by atoms with E-state index in [0.717, 1.165) is 11.0 Å². The van der Waals surface area contributed by atoms with Crippen LogP contribution in [0, 0.1) is 0 Å². The van der Waals surface area contributed by atoms with E-state index < -0.39 is 10.0 Å². The molecule has 132 valence electrons. The number of ether oxygens (including phenoxy) is 1. The van der Waals surface area contributed by atoms with Gasteiger partial charge in [0.1, 0.15) is 5.75 Å². The monoisotopic (exact) mass is 423 g/mol. The highest BCUT2D eigenvalue weighted by Crippen LogP contribution is 2.27. The van der Waals surface area contributed by atoms with Crippen molar-refractivity contribution >= 4 is 37.0 Å². The number of halogens is 1. The summed E-state index contributed by atoms with van der Waals surface area (Å²) in [7, 11) is -2.02. The largest absolute Gasteiger partial charge is 0.496 e. The van der Waals surface area contributed by atoms with E-state index in [2.05, 4.69) is 25.6 Å². The van der Waals surface area contributed by atoms with Crippen LogP contribution < -0.4 is 9.46 Å². The number of rotatable bonds is 7. The second-order valence-electron chi connectivity index (χ2n) is 5.47. The van der Waals surface area contributed by atoms with E-state index in [9.17, 15) is 8.42 Å². The highest BCUT2D eigenvalue weighted by atomic mass is 79.9. The van der Waals surface area contributed by atoms with Gasteiger partial charge in [-0.15, -0.1) is 0 Å². The molecular weight excluding hydrogens is 406 g/mol. The molecule has 0 atom stereocenters. The molecule has 3 aromatic rings. The van der Waals surface area contributed by atoms with Crippen molar-refractivity contribution in [3.8, 4) is 5.75 Å². The minimum absolute atomic E-state index is 0.202. The van der Waals surface area contributed by atoms with Crippen LogP contribution in [0.25, 0.3) is 11.0 Å². The predicted molar refractivity (Wildman–Crippen MR) is 100 cm³/mol. The van der Waals surface area contributed by atoms with Crippen molar-refractivity contribution < 1.29 is 13.2 Å². The van der Waals surface area contributed by atoms with Gasteiger partial charge in [0.25, 0.3) is 0 Å². The van der Waals surface area contributed by atoms with Gasteiger partial charge in [0.15, 0.2) is 0 Å². The summed E-state index contributed by atoms with van der Waals surface area (Å²) in [5.74, 6) is 0.589. The van der Waals surface area contributed by atoms with Gasteiger partial charge in [-0.3, -0.25) is 0 Å². The molecule has 2 aromatic carbocycles. The first-order valence-corrected chi connectivity index (χ1v) is 10.0. The Balaban J connectivity index is 1.60. The van der Waals surface area contributed by atoms with E-state index in [0.29, 0.717) is 29.7 Å². The Hall–Kier alpha value is -1.90. The Bertz CT molecular complexity index is 986. The number of para-hydroxylation sites is 2. The van der Waals surface area contributed by atoms with Crippen molar-refractivity contribution in [1.82, 2.24) is 14.3 Å². The third-order valence-electron chi connectivity index (χ3n) is 3.83. The zero-order chi connectivity index (χ0) is 17.9. The van der Waals surface area contributed by atoms with Crippen LogP contribution in [0.1, 0.15) is 6.42 Å². The molecule has 0 fully saturated rings. The highest BCUT2D eigenvalue weighted by molar-refractivity contribution is 9.10. The second-order valence-corrected chi connectivity index (χ2v) is 8.10. The average Bonchev–Trinajstić information content (AvgIpc) is 3.02. The van der Waals surface area contributed by atoms with E-state index in [1.807, 2.05) is 28.8 Å². The molecule has 0 radical (unpaired) electrons. The van der Waals surface area contributed by atoms with Crippen molar-refractivity contribution in [1.29, 1.82) is 0 Å². The molecule has 0 unspecified atom stereocenters. The number of imidazole rings is 1. The number of benzene rings is 2. The molecule has 8 heteroatoms. The van der Waals surface area contributed by atoms with Crippen LogP contribution in [-0.2, 0) is 16.6 Å². The van der Waals surface area contributed by atoms with E-state index in [1.54, 1.807) is 12.4 Å². The van der Waals surface area contributed by atoms with Crippen molar-refractivity contribution in [3.05, 3.63) is 53.3 Å². The molecule has 6 nitrogen and oxygen atoms in total. The number of hydrogen-bond donors (Lipinski definition) is 1. The van der Waals surface area contributed by atoms with Crippen LogP contribution in [0.3, 0.4) is 0 Å². The summed E-state index contributed by atoms with van der Waals surface area (Å²) < 4.78 is 35.1. The number of sulfonamides is 1. The first kappa shape index (κ1) is 17.9. The lowest BCUT2D eigenvalue weighted by Gasteiger charge is -2.09. The second kappa shape index (κ2) is 7.55. The molecular formula is C17H18BrN3O3S. The maximum Gasteiger partial charge on any atom is 0.240 e. The topological polar surface area (TPSA) is 73.2 Å². The predicted octanol–water partition coefficient (Wildman–Crippen LogP) is 3.18. The summed E-state index contributed by atoms with van der Waals surface area (Å²) in [6, 6.07) is 12.5. The zero-order valence-electron chi connectivity index (χ0n) is 13.6. The average molecular weight is 424 g/mol. The minimum atomic E-state index is -3.55. The molecule has 0 aliphatic heterocycles. The fourth-order valence-electron chi connectivity index (χ4n) is 2.54. The molecule has 1 aromatic heterocycles. The quantitative estimate of drug-likeness (QED) is 0.592. The highest BCUT2D eigenvalue weighted by Gasteiger charge is 2.15. The smallest absolute Gasteiger partial charge is 0.240 e. The lowest BCUT2D eigenvalue weighted by molar-refractivity contribution is 0.411. The molecule has 0 amide bonds. The molecule has 0 saturated carbocycles. The molecule has 0 saturated heterocycles. The van der Waals surface area contributed by atoms with E-state index in [4.69, 9.17) is 4.74 Å². The zero-order valence-corrected chi connectivity index (χ0v) is 16.0. The standard InChI is InChI=1S/C17H18BrN3O3S/c1-24-17-8-7-13(11-14(17)18)25(22,23)20-9-4-10-21-12-19-15-5-2-3-6-16(15)21/h2-3,5-8,11-12,20H,4,9-10H2,1H3. The van der Waals surface area contributed by atoms with Crippen molar-refractivity contribution in [2.75, 3.05) is 13.7 Å². The van der Waals surface area contributed by atoms with Crippen molar-refractivity contribution in [2.24, 2.45) is 0 Å². The molecule has 0 spiro atoms. The summed E-state index contributed by atoms with van der Waals surface area (Å²) in [5.41, 5.74) is 1.98. The van der Waals surface area contributed by atoms with E-state index in [-0.39, 0.29) is 4.90 Å². The van der Waals surface area contributed by atoms with Crippen LogP contribution in [0.4, 0.5) is 0 Å². The van der Waals surface area contributed by atoms with Crippen LogP contribution in [0.15, 0.2) is 58.2 Å². The molecule has 1 N–H and O–H groups in total. The maximum absolute atomic E-state index is 12.4. The van der Waals surface area contributed by atoms with Crippen LogP contribution in [0.5, 0.6) is 5.75 Å². The fourth-order valence-corrected chi connectivity index (χ4v) is 4.33. The van der Waals surface area contributed by atoms with Gasteiger partial charge in [-0.25, -0.2) is 18.1 Å². The third kappa shape index (κ3) is 4.02. The Kier molecular flexibility index (Phi) is 5.41. The molecule has 0 aliphatic rings. The van der Waals surface area contributed by atoms with E-state index >= 15 is 0 Å². The molecule has 3 rings (SSSR count). The van der Waals surface area contributed by atoms with E-state index in [1.165, 1.54) is 19.2 Å². The number of hydrogen-bond acceptors (Lipinski definition) is 4. The first-order valence-electron chi connectivity index (χ1n) is 7.74. The lowest BCUT2D eigenvalue weighted by Crippen LogP contribution is -2.25. The normalized spacial score (nSPS) is 11.8. The minimum Gasteiger partial charge on any atom is -0.496 e. The van der Waals surface area contributed by atoms with Gasteiger partial charge in [0.2, 0.25) is 10.0 Å². The van der Waals surface area contributed by atoms with Gasteiger partial charge < -0.3 is 9.30 Å². The van der Waals surface area contributed by atoms with Gasteiger partial charge in [-0.2, -0.15) is 0 Å². The van der Waals surface area contributed by atoms with Gasteiger partial charge in [-0.05, 0) is 52.7 Å². The summed E-state index contributed by atoms with van der Waals surface area (Å²) in [6.07, 6.45) is 2.44. The molecule has 0 bridgehead atoms. The molecule has 0 aliphatic carbocycles. The van der Waals surface area contributed by atoms with Gasteiger partial charge in [-0.1, -0.05) is 12.1 Å². The Morgan fingerprint density at radius 2 is 2.04 bits per heavy atom. The Morgan fingerprint density at radius 3 is 2.80 bits per heavy atom. The fraction of sp³-hybridized carbons (Fsp3) is 0.235. The number of aryl methyl sites for hydroxylation is 1. The number of nitrogens with one attached hydrogen (secondary N) is 1. The lowest BCUT2D eigenvalue weighted by atomic mass is 10.3. The number of methoxy groups -OCH3 is 1. The van der Waals surface area contributed by atoms with Crippen LogP contribution >= 0.6 is 15.9 Å². The van der Waals surface area contributed by atoms with Gasteiger partial charge >= 0.3 is 0 Å². The molecule has 1 heterocycles. The first-order chi connectivity index (χ1) is 12.0. The number of nitrogens with zero attached hydrogens (tertiary/aromatic N) is 2. The van der Waals surface area contributed by atoms with Gasteiger partial charge in [0.05, 0.1) is 33.8 Å². The molecule has 25 heavy (non-hydrogen) atoms. The number of fused-ring (bicyclic) bond motifs is 1. The third-order valence-corrected chi connectivity index (χ3v) is 5.91. The Labute approximate surface area is 155 Å². The summed E-state index contributed by atoms with van der Waals surface area (Å²) >= 11 is 3.30. The van der Waals surface area contributed by atoms with Crippen molar-refractivity contribution in [2.45, 2.75) is 17.9 Å². The van der Waals surface area contributed by atoms with Crippen LogP contribution in [0.2, 0.25) is 0 Å². The SMILES string of the molecule is COc1ccc(S(=O)(=O)NCCCn2cnc3ccccc32)cc1Br. The summed E-state index contributed by atoms with van der Waals surface area (Å²) in [5, 5.41) is 0. The van der Waals surface area contributed by atoms with Crippen LogP contribution in [-0.4, -0.2) is 31.6 Å². The maximum atomic E-state index is 12.4.